The molecule has 116 valence electrons. The number of rotatable bonds is 3. The minimum Gasteiger partial charge on any atom is -0.504 e. The number of carboxylic acid groups (broad SMARTS) is 1. The quantitative estimate of drug-likeness (QED) is 0.427. The van der Waals surface area contributed by atoms with E-state index in [-0.39, 0.29) is 18.0 Å². The van der Waals surface area contributed by atoms with Crippen LogP contribution >= 0.6 is 0 Å². The number of carboxylic acids is 1. The lowest BCUT2D eigenvalue weighted by atomic mass is 10.2. The molecule has 2 rings (SSSR count). The Kier molecular flexibility index (Phi) is 6.24. The number of nitrogens with one attached hydrogen (secondary N) is 1. The number of nitrogen functional groups attached to an aromatic ring is 1. The molecule has 0 heterocycles. The molecule has 7 nitrogen and oxygen atoms in total. The first kappa shape index (κ1) is 16.8. The summed E-state index contributed by atoms with van der Waals surface area (Å²) in [4.78, 5) is 21.4. The molecule has 0 saturated heterocycles. The van der Waals surface area contributed by atoms with Crippen molar-refractivity contribution in [2.75, 3.05) is 12.3 Å². The minimum absolute atomic E-state index is 0.0764. The highest BCUT2D eigenvalue weighted by molar-refractivity contribution is 5.95. The van der Waals surface area contributed by atoms with Gasteiger partial charge in [0.2, 0.25) is 0 Å². The Labute approximate surface area is 126 Å². The van der Waals surface area contributed by atoms with Crippen LogP contribution in [0.2, 0.25) is 0 Å². The van der Waals surface area contributed by atoms with Crippen LogP contribution in [-0.4, -0.2) is 33.7 Å². The molecule has 0 atom stereocenters. The second kappa shape index (κ2) is 8.15. The van der Waals surface area contributed by atoms with Gasteiger partial charge in [0.25, 0.3) is 5.91 Å². The number of anilines is 1. The van der Waals surface area contributed by atoms with Crippen LogP contribution in [0.1, 0.15) is 10.4 Å². The molecule has 0 saturated carbocycles. The smallest absolute Gasteiger partial charge is 0.322 e. The summed E-state index contributed by atoms with van der Waals surface area (Å²) in [5.74, 6) is -1.65. The van der Waals surface area contributed by atoms with Crippen LogP contribution in [0.4, 0.5) is 5.69 Å². The van der Waals surface area contributed by atoms with Gasteiger partial charge in [-0.2, -0.15) is 0 Å². The van der Waals surface area contributed by atoms with Crippen molar-refractivity contribution in [1.82, 2.24) is 5.32 Å². The van der Waals surface area contributed by atoms with Crippen LogP contribution in [0.25, 0.3) is 0 Å². The fourth-order valence-electron chi connectivity index (χ4n) is 1.36. The van der Waals surface area contributed by atoms with E-state index in [4.69, 9.17) is 21.1 Å². The van der Waals surface area contributed by atoms with Gasteiger partial charge in [-0.05, 0) is 36.4 Å². The number of phenols is 2. The van der Waals surface area contributed by atoms with E-state index in [1.54, 1.807) is 24.3 Å². The van der Waals surface area contributed by atoms with E-state index in [9.17, 15) is 9.59 Å². The van der Waals surface area contributed by atoms with E-state index in [0.29, 0.717) is 11.3 Å². The van der Waals surface area contributed by atoms with Crippen molar-refractivity contribution in [3.63, 3.8) is 0 Å². The van der Waals surface area contributed by atoms with Gasteiger partial charge in [-0.1, -0.05) is 12.1 Å². The lowest BCUT2D eigenvalue weighted by Gasteiger charge is -2.01. The summed E-state index contributed by atoms with van der Waals surface area (Å²) in [7, 11) is 0. The van der Waals surface area contributed by atoms with Crippen LogP contribution in [0.5, 0.6) is 11.5 Å². The van der Waals surface area contributed by atoms with Crippen LogP contribution in [-0.2, 0) is 4.79 Å². The molecule has 0 aliphatic carbocycles. The Bertz CT molecular complexity index is 620. The van der Waals surface area contributed by atoms with E-state index in [2.05, 4.69) is 5.32 Å². The van der Waals surface area contributed by atoms with Crippen molar-refractivity contribution >= 4 is 17.6 Å². The lowest BCUT2D eigenvalue weighted by molar-refractivity contribution is -0.135. The molecule has 0 spiro atoms. The van der Waals surface area contributed by atoms with Crippen LogP contribution in [0, 0.1) is 0 Å². The van der Waals surface area contributed by atoms with Gasteiger partial charge in [0.05, 0.1) is 0 Å². The summed E-state index contributed by atoms with van der Waals surface area (Å²) < 4.78 is 0. The molecule has 2 aromatic carbocycles. The zero-order valence-electron chi connectivity index (χ0n) is 11.6. The molecule has 1 amide bonds. The van der Waals surface area contributed by atoms with Crippen molar-refractivity contribution in [3.05, 3.63) is 54.1 Å². The fraction of sp³-hybridized carbons (Fsp3) is 0.0667. The molecule has 6 N–H and O–H groups in total. The molecule has 0 fully saturated rings. The zero-order chi connectivity index (χ0) is 16.5. The van der Waals surface area contributed by atoms with Crippen LogP contribution in [0.3, 0.4) is 0 Å². The number of phenolic OH excluding ortho intramolecular Hbond substituents is 2. The maximum atomic E-state index is 11.2. The number of carbonyl (C=O) groups is 2. The highest BCUT2D eigenvalue weighted by atomic mass is 16.4. The van der Waals surface area contributed by atoms with Crippen molar-refractivity contribution < 1.29 is 24.9 Å². The largest absolute Gasteiger partial charge is 0.504 e. The van der Waals surface area contributed by atoms with Gasteiger partial charge in [0, 0.05) is 11.3 Å². The third-order valence-electron chi connectivity index (χ3n) is 2.45. The fourth-order valence-corrected chi connectivity index (χ4v) is 1.36. The second-order valence-electron chi connectivity index (χ2n) is 4.19. The summed E-state index contributed by atoms with van der Waals surface area (Å²) in [6.07, 6.45) is 0. The Morgan fingerprint density at radius 3 is 1.86 bits per heavy atom. The van der Waals surface area contributed by atoms with E-state index < -0.39 is 11.9 Å². The number of para-hydroxylation sites is 2. The number of aromatic hydroxyl groups is 2. The standard InChI is InChI=1S/C9H10N2O3.C6H6O2/c10-7-3-1-6(2-4-7)9(14)11-5-8(12)13;7-5-3-1-2-4-6(5)8/h1-4H,5,10H2,(H,11,14)(H,12,13);1-4,7-8H. The van der Waals surface area contributed by atoms with Crippen LogP contribution < -0.4 is 11.1 Å². The van der Waals surface area contributed by atoms with Crippen molar-refractivity contribution in [2.45, 2.75) is 0 Å². The lowest BCUT2D eigenvalue weighted by Crippen LogP contribution is -2.29. The average Bonchev–Trinajstić information content (AvgIpc) is 2.49. The Hall–Kier alpha value is -3.22. The molecule has 0 aliphatic heterocycles. The number of amides is 1. The molecular formula is C15H16N2O5. The zero-order valence-corrected chi connectivity index (χ0v) is 11.6. The minimum atomic E-state index is -1.08. The maximum absolute atomic E-state index is 11.2. The van der Waals surface area contributed by atoms with E-state index in [0.717, 1.165) is 0 Å². The summed E-state index contributed by atoms with van der Waals surface area (Å²) in [6.45, 7) is -0.386. The summed E-state index contributed by atoms with van der Waals surface area (Å²) in [6, 6.07) is 12.4. The van der Waals surface area contributed by atoms with Gasteiger partial charge in [-0.25, -0.2) is 0 Å². The van der Waals surface area contributed by atoms with Gasteiger partial charge in [0.1, 0.15) is 6.54 Å². The monoisotopic (exact) mass is 304 g/mol. The Morgan fingerprint density at radius 1 is 0.955 bits per heavy atom. The number of nitrogens with two attached hydrogens (primary N) is 1. The van der Waals surface area contributed by atoms with Crippen LogP contribution in [0.15, 0.2) is 48.5 Å². The van der Waals surface area contributed by atoms with E-state index >= 15 is 0 Å². The van der Waals surface area contributed by atoms with Gasteiger partial charge in [0.15, 0.2) is 11.5 Å². The molecule has 2 aromatic rings. The Morgan fingerprint density at radius 2 is 1.45 bits per heavy atom. The summed E-state index contributed by atoms with van der Waals surface area (Å²) >= 11 is 0. The summed E-state index contributed by atoms with van der Waals surface area (Å²) in [5, 5.41) is 27.9. The summed E-state index contributed by atoms with van der Waals surface area (Å²) in [5.41, 5.74) is 6.37. The van der Waals surface area contributed by atoms with Gasteiger partial charge >= 0.3 is 5.97 Å². The van der Waals surface area contributed by atoms with Gasteiger partial charge in [-0.15, -0.1) is 0 Å². The predicted molar refractivity (Wildman–Crippen MR) is 80.6 cm³/mol. The molecule has 0 bridgehead atoms. The first-order chi connectivity index (χ1) is 10.4. The Balaban J connectivity index is 0.000000255. The molecule has 22 heavy (non-hydrogen) atoms. The van der Waals surface area contributed by atoms with E-state index in [1.807, 2.05) is 0 Å². The highest BCUT2D eigenvalue weighted by Gasteiger charge is 2.05. The number of carbonyl (C=O) groups excluding carboxylic acids is 1. The van der Waals surface area contributed by atoms with Gasteiger partial charge in [-0.3, -0.25) is 9.59 Å². The maximum Gasteiger partial charge on any atom is 0.322 e. The van der Waals surface area contributed by atoms with Crippen molar-refractivity contribution in [1.29, 1.82) is 0 Å². The third kappa shape index (κ3) is 5.83. The number of aliphatic carboxylic acids is 1. The molecule has 0 radical (unpaired) electrons. The number of hydrogen-bond acceptors (Lipinski definition) is 5. The normalized spacial score (nSPS) is 9.27. The SMILES string of the molecule is Nc1ccc(C(=O)NCC(=O)O)cc1.Oc1ccccc1O. The topological polar surface area (TPSA) is 133 Å². The predicted octanol–water partition coefficient (Wildman–Crippen LogP) is 1.18. The number of hydrogen-bond donors (Lipinski definition) is 5. The molecular weight excluding hydrogens is 288 g/mol. The molecule has 0 aromatic heterocycles. The number of benzene rings is 2. The van der Waals surface area contributed by atoms with Crippen molar-refractivity contribution in [2.24, 2.45) is 0 Å². The van der Waals surface area contributed by atoms with Crippen molar-refractivity contribution in [3.8, 4) is 11.5 Å². The highest BCUT2D eigenvalue weighted by Crippen LogP contribution is 2.21. The molecule has 0 unspecified atom stereocenters. The second-order valence-corrected chi connectivity index (χ2v) is 4.19. The molecule has 7 heteroatoms. The van der Waals surface area contributed by atoms with Gasteiger partial charge < -0.3 is 26.4 Å². The van der Waals surface area contributed by atoms with E-state index in [1.165, 1.54) is 24.3 Å². The average molecular weight is 304 g/mol. The third-order valence-corrected chi connectivity index (χ3v) is 2.45. The first-order valence-electron chi connectivity index (χ1n) is 6.22. The first-order valence-corrected chi connectivity index (χ1v) is 6.22. The molecule has 0 aliphatic rings.